The maximum absolute atomic E-state index is 13.4. The second-order valence-corrected chi connectivity index (χ2v) is 3.64. The van der Waals surface area contributed by atoms with Crippen molar-refractivity contribution in [1.29, 1.82) is 0 Å². The van der Waals surface area contributed by atoms with Crippen LogP contribution in [0.5, 0.6) is 5.75 Å². The SMILES string of the molecule is CCCCOC(=O)COc1c(F)cccc1C=O. The first-order valence-electron chi connectivity index (χ1n) is 5.71. The zero-order valence-electron chi connectivity index (χ0n) is 10.1. The van der Waals surface area contributed by atoms with Crippen molar-refractivity contribution in [2.45, 2.75) is 19.8 Å². The molecule has 1 aromatic carbocycles. The van der Waals surface area contributed by atoms with E-state index in [-0.39, 0.29) is 11.3 Å². The Morgan fingerprint density at radius 1 is 1.44 bits per heavy atom. The highest BCUT2D eigenvalue weighted by molar-refractivity contribution is 5.79. The van der Waals surface area contributed by atoms with Crippen LogP contribution in [0, 0.1) is 5.82 Å². The summed E-state index contributed by atoms with van der Waals surface area (Å²) in [5.74, 6) is -1.48. The van der Waals surface area contributed by atoms with Gasteiger partial charge in [0.2, 0.25) is 0 Å². The molecule has 0 atom stereocenters. The minimum atomic E-state index is -0.680. The Hall–Kier alpha value is -1.91. The number of rotatable bonds is 7. The van der Waals surface area contributed by atoms with Crippen molar-refractivity contribution in [2.24, 2.45) is 0 Å². The van der Waals surface area contributed by atoms with Gasteiger partial charge in [0, 0.05) is 0 Å². The number of unbranched alkanes of at least 4 members (excludes halogenated alkanes) is 1. The van der Waals surface area contributed by atoms with Crippen molar-refractivity contribution in [3.05, 3.63) is 29.6 Å². The van der Waals surface area contributed by atoms with Gasteiger partial charge in [-0.1, -0.05) is 19.4 Å². The molecule has 1 rings (SSSR count). The number of hydrogen-bond acceptors (Lipinski definition) is 4. The molecule has 0 saturated carbocycles. The molecule has 0 aromatic heterocycles. The summed E-state index contributed by atoms with van der Waals surface area (Å²) in [4.78, 5) is 21.9. The van der Waals surface area contributed by atoms with Gasteiger partial charge in [-0.05, 0) is 18.6 Å². The summed E-state index contributed by atoms with van der Waals surface area (Å²) in [6.07, 6.45) is 2.16. The number of hydrogen-bond donors (Lipinski definition) is 0. The molecular weight excluding hydrogens is 239 g/mol. The third-order valence-electron chi connectivity index (χ3n) is 2.22. The fourth-order valence-electron chi connectivity index (χ4n) is 1.27. The van der Waals surface area contributed by atoms with E-state index in [1.165, 1.54) is 12.1 Å². The summed E-state index contributed by atoms with van der Waals surface area (Å²) in [5.41, 5.74) is 0.0661. The molecule has 0 N–H and O–H groups in total. The van der Waals surface area contributed by atoms with E-state index in [1.807, 2.05) is 6.92 Å². The predicted octanol–water partition coefficient (Wildman–Crippen LogP) is 2.36. The van der Waals surface area contributed by atoms with Crippen LogP contribution >= 0.6 is 0 Å². The van der Waals surface area contributed by atoms with Crippen LogP contribution < -0.4 is 4.74 Å². The highest BCUT2D eigenvalue weighted by Crippen LogP contribution is 2.20. The van der Waals surface area contributed by atoms with E-state index >= 15 is 0 Å². The maximum Gasteiger partial charge on any atom is 0.344 e. The van der Waals surface area contributed by atoms with Crippen LogP contribution in [-0.2, 0) is 9.53 Å². The van der Waals surface area contributed by atoms with Gasteiger partial charge in [-0.25, -0.2) is 9.18 Å². The molecule has 0 radical (unpaired) electrons. The highest BCUT2D eigenvalue weighted by Gasteiger charge is 2.11. The van der Waals surface area contributed by atoms with Crippen LogP contribution in [0.4, 0.5) is 4.39 Å². The summed E-state index contributed by atoms with van der Waals surface area (Å²) >= 11 is 0. The van der Waals surface area contributed by atoms with Gasteiger partial charge in [-0.15, -0.1) is 0 Å². The standard InChI is InChI=1S/C13H15FO4/c1-2-3-7-17-12(16)9-18-13-10(8-15)5-4-6-11(13)14/h4-6,8H,2-3,7,9H2,1H3. The van der Waals surface area contributed by atoms with Crippen molar-refractivity contribution < 1.29 is 23.5 Å². The molecule has 98 valence electrons. The first kappa shape index (κ1) is 14.2. The molecule has 5 heteroatoms. The lowest BCUT2D eigenvalue weighted by Gasteiger charge is -2.09. The quantitative estimate of drug-likeness (QED) is 0.426. The Kier molecular flexibility index (Phi) is 5.84. The lowest BCUT2D eigenvalue weighted by Crippen LogP contribution is -2.16. The second-order valence-electron chi connectivity index (χ2n) is 3.64. The van der Waals surface area contributed by atoms with Crippen LogP contribution in [0.2, 0.25) is 0 Å². The Bertz CT molecular complexity index is 417. The summed E-state index contributed by atoms with van der Waals surface area (Å²) in [7, 11) is 0. The molecule has 18 heavy (non-hydrogen) atoms. The van der Waals surface area contributed by atoms with Crippen molar-refractivity contribution in [3.63, 3.8) is 0 Å². The molecule has 0 bridgehead atoms. The molecule has 0 heterocycles. The first-order valence-corrected chi connectivity index (χ1v) is 5.71. The monoisotopic (exact) mass is 254 g/mol. The number of carbonyl (C=O) groups excluding carboxylic acids is 2. The lowest BCUT2D eigenvalue weighted by molar-refractivity contribution is -0.146. The van der Waals surface area contributed by atoms with E-state index in [2.05, 4.69) is 0 Å². The molecular formula is C13H15FO4. The lowest BCUT2D eigenvalue weighted by atomic mass is 10.2. The van der Waals surface area contributed by atoms with Gasteiger partial charge in [-0.2, -0.15) is 0 Å². The Morgan fingerprint density at radius 3 is 2.89 bits per heavy atom. The molecule has 1 aromatic rings. The number of carbonyl (C=O) groups is 2. The molecule has 0 unspecified atom stereocenters. The summed E-state index contributed by atoms with van der Waals surface area (Å²) in [6.45, 7) is 1.88. The number of esters is 1. The molecule has 0 saturated heterocycles. The summed E-state index contributed by atoms with van der Waals surface area (Å²) in [6, 6.07) is 3.96. The Morgan fingerprint density at radius 2 is 2.22 bits per heavy atom. The number of para-hydroxylation sites is 1. The van der Waals surface area contributed by atoms with Gasteiger partial charge in [0.1, 0.15) is 0 Å². The van der Waals surface area contributed by atoms with Gasteiger partial charge >= 0.3 is 5.97 Å². The summed E-state index contributed by atoms with van der Waals surface area (Å²) < 4.78 is 23.2. The maximum atomic E-state index is 13.4. The molecule has 0 aliphatic carbocycles. The van der Waals surface area contributed by atoms with Crippen molar-refractivity contribution >= 4 is 12.3 Å². The van der Waals surface area contributed by atoms with Gasteiger partial charge in [-0.3, -0.25) is 4.79 Å². The van der Waals surface area contributed by atoms with Crippen LogP contribution in [-0.4, -0.2) is 25.5 Å². The zero-order chi connectivity index (χ0) is 13.4. The fourth-order valence-corrected chi connectivity index (χ4v) is 1.27. The Balaban J connectivity index is 2.53. The minimum absolute atomic E-state index is 0.0661. The Labute approximate surface area is 105 Å². The smallest absolute Gasteiger partial charge is 0.344 e. The third-order valence-corrected chi connectivity index (χ3v) is 2.22. The number of aldehydes is 1. The molecule has 0 aliphatic rings. The highest BCUT2D eigenvalue weighted by atomic mass is 19.1. The molecule has 0 aliphatic heterocycles. The average molecular weight is 254 g/mol. The van der Waals surface area contributed by atoms with Crippen molar-refractivity contribution in [2.75, 3.05) is 13.2 Å². The zero-order valence-corrected chi connectivity index (χ0v) is 10.1. The number of halogens is 1. The summed E-state index contributed by atoms with van der Waals surface area (Å²) in [5, 5.41) is 0. The second kappa shape index (κ2) is 7.42. The van der Waals surface area contributed by atoms with Gasteiger partial charge < -0.3 is 9.47 Å². The minimum Gasteiger partial charge on any atom is -0.478 e. The fraction of sp³-hybridized carbons (Fsp3) is 0.385. The van der Waals surface area contributed by atoms with Crippen LogP contribution in [0.1, 0.15) is 30.1 Å². The van der Waals surface area contributed by atoms with E-state index in [4.69, 9.17) is 9.47 Å². The van der Waals surface area contributed by atoms with Gasteiger partial charge in [0.15, 0.2) is 24.5 Å². The van der Waals surface area contributed by atoms with E-state index in [9.17, 15) is 14.0 Å². The van der Waals surface area contributed by atoms with Crippen molar-refractivity contribution in [1.82, 2.24) is 0 Å². The number of ether oxygens (including phenoxy) is 2. The number of benzene rings is 1. The normalized spacial score (nSPS) is 9.89. The predicted molar refractivity (Wildman–Crippen MR) is 63.1 cm³/mol. The van der Waals surface area contributed by atoms with E-state index in [1.54, 1.807) is 0 Å². The van der Waals surface area contributed by atoms with E-state index < -0.39 is 18.4 Å². The van der Waals surface area contributed by atoms with Crippen LogP contribution in [0.25, 0.3) is 0 Å². The van der Waals surface area contributed by atoms with E-state index in [0.717, 1.165) is 18.9 Å². The molecule has 4 nitrogen and oxygen atoms in total. The van der Waals surface area contributed by atoms with Crippen LogP contribution in [0.3, 0.4) is 0 Å². The van der Waals surface area contributed by atoms with Gasteiger partial charge in [0.25, 0.3) is 0 Å². The third kappa shape index (κ3) is 4.16. The molecule has 0 amide bonds. The first-order chi connectivity index (χ1) is 8.69. The molecule has 0 fully saturated rings. The largest absolute Gasteiger partial charge is 0.478 e. The average Bonchev–Trinajstić information content (AvgIpc) is 2.37. The van der Waals surface area contributed by atoms with Crippen LogP contribution in [0.15, 0.2) is 18.2 Å². The van der Waals surface area contributed by atoms with Crippen molar-refractivity contribution in [3.8, 4) is 5.75 Å². The topological polar surface area (TPSA) is 52.6 Å². The van der Waals surface area contributed by atoms with E-state index in [0.29, 0.717) is 12.9 Å². The molecule has 0 spiro atoms. The van der Waals surface area contributed by atoms with Gasteiger partial charge in [0.05, 0.1) is 12.2 Å².